The van der Waals surface area contributed by atoms with E-state index < -0.39 is 23.9 Å². The summed E-state index contributed by atoms with van der Waals surface area (Å²) in [5, 5.41) is 0. The molecule has 0 unspecified atom stereocenters. The molecule has 0 fully saturated rings. The molecule has 1 nitrogen and oxygen atoms in total. The largest absolute Gasteiger partial charge is 0.457 e. The lowest BCUT2D eigenvalue weighted by Crippen LogP contribution is -2.10. The third kappa shape index (κ3) is 7.57. The third-order valence-electron chi connectivity index (χ3n) is 3.34. The Morgan fingerprint density at radius 3 is 1.41 bits per heavy atom. The van der Waals surface area contributed by atoms with Crippen molar-refractivity contribution in [2.45, 2.75) is 36.0 Å². The lowest BCUT2D eigenvalue weighted by atomic mass is 10.2. The van der Waals surface area contributed by atoms with Gasteiger partial charge in [-0.2, -0.15) is 26.3 Å². The Balaban J connectivity index is 2.14. The van der Waals surface area contributed by atoms with Gasteiger partial charge in [0, 0.05) is 9.79 Å². The van der Waals surface area contributed by atoms with E-state index in [4.69, 9.17) is 4.74 Å². The van der Waals surface area contributed by atoms with Gasteiger partial charge < -0.3 is 4.74 Å². The van der Waals surface area contributed by atoms with Crippen molar-refractivity contribution in [1.82, 2.24) is 0 Å². The van der Waals surface area contributed by atoms with Crippen molar-refractivity contribution in [3.63, 3.8) is 0 Å². The molecule has 0 N–H and O–H groups in total. The van der Waals surface area contributed by atoms with Gasteiger partial charge in [0.15, 0.2) is 0 Å². The summed E-state index contributed by atoms with van der Waals surface area (Å²) in [7, 11) is 0. The molecule has 9 heteroatoms. The second-order valence-corrected chi connectivity index (χ2v) is 7.80. The zero-order chi connectivity index (χ0) is 20.2. The van der Waals surface area contributed by atoms with E-state index in [2.05, 4.69) is 0 Å². The van der Waals surface area contributed by atoms with Gasteiger partial charge in [0.25, 0.3) is 0 Å². The van der Waals surface area contributed by atoms with E-state index in [-0.39, 0.29) is 0 Å². The smallest absolute Gasteiger partial charge is 0.398 e. The molecule has 0 saturated carbocycles. The Kier molecular flexibility index (Phi) is 7.02. The zero-order valence-electron chi connectivity index (χ0n) is 14.4. The van der Waals surface area contributed by atoms with Crippen molar-refractivity contribution in [1.29, 1.82) is 0 Å². The van der Waals surface area contributed by atoms with Crippen LogP contribution in [0.2, 0.25) is 0 Å². The number of halogens is 6. The van der Waals surface area contributed by atoms with Gasteiger partial charge in [0.05, 0.1) is 11.5 Å². The normalized spacial score (nSPS) is 12.3. The molecule has 0 saturated heterocycles. The number of alkyl halides is 6. The lowest BCUT2D eigenvalue weighted by Gasteiger charge is -2.13. The molecule has 148 valence electrons. The van der Waals surface area contributed by atoms with Crippen molar-refractivity contribution >= 4 is 23.5 Å². The Hall–Kier alpha value is -1.48. The molecule has 0 atom stereocenters. The number of hydrogen-bond donors (Lipinski definition) is 0. The summed E-state index contributed by atoms with van der Waals surface area (Å²) >= 11 is 1.32. The number of benzene rings is 2. The molecular formula is C18H16F6OS2. The maximum absolute atomic E-state index is 12.4. The second-order valence-electron chi connectivity index (χ2n) is 5.76. The summed E-state index contributed by atoms with van der Waals surface area (Å²) in [5.74, 6) is -1.39. The molecule has 2 rings (SSSR count). The van der Waals surface area contributed by atoms with Crippen LogP contribution in [0.4, 0.5) is 26.3 Å². The van der Waals surface area contributed by atoms with Crippen LogP contribution in [0.1, 0.15) is 11.1 Å². The molecule has 0 spiro atoms. The van der Waals surface area contributed by atoms with E-state index in [1.165, 1.54) is 12.1 Å². The van der Waals surface area contributed by atoms with E-state index in [0.29, 0.717) is 55.9 Å². The molecule has 2 aromatic carbocycles. The van der Waals surface area contributed by atoms with Crippen LogP contribution in [0, 0.1) is 13.8 Å². The standard InChI is InChI=1S/C18H16F6OS2/c1-11-3-5-13(7-15(11)26-9-17(19,20)21)25-14-6-4-12(2)16(8-14)27-10-18(22,23)24/h3-8H,9-10H2,1-2H3. The van der Waals surface area contributed by atoms with Gasteiger partial charge >= 0.3 is 12.4 Å². The monoisotopic (exact) mass is 426 g/mol. The fraction of sp³-hybridized carbons (Fsp3) is 0.333. The Bertz CT molecular complexity index is 721. The Labute approximate surface area is 161 Å². The van der Waals surface area contributed by atoms with Crippen LogP contribution in [0.3, 0.4) is 0 Å². The summed E-state index contributed by atoms with van der Waals surface area (Å²) < 4.78 is 80.2. The first-order valence-corrected chi connectivity index (χ1v) is 9.68. The van der Waals surface area contributed by atoms with E-state index in [1.807, 2.05) is 0 Å². The van der Waals surface area contributed by atoms with Crippen molar-refractivity contribution in [2.24, 2.45) is 0 Å². The van der Waals surface area contributed by atoms with Crippen LogP contribution in [-0.2, 0) is 0 Å². The fourth-order valence-corrected chi connectivity index (χ4v) is 3.68. The van der Waals surface area contributed by atoms with E-state index in [0.717, 1.165) is 0 Å². The van der Waals surface area contributed by atoms with E-state index in [9.17, 15) is 26.3 Å². The quantitative estimate of drug-likeness (QED) is 0.352. The maximum atomic E-state index is 12.4. The minimum absolute atomic E-state index is 0.320. The molecule has 2 aromatic rings. The highest BCUT2D eigenvalue weighted by molar-refractivity contribution is 7.99. The molecule has 0 aliphatic rings. The first-order valence-electron chi connectivity index (χ1n) is 7.71. The Morgan fingerprint density at radius 2 is 1.07 bits per heavy atom. The second kappa shape index (κ2) is 8.68. The average Bonchev–Trinajstić information content (AvgIpc) is 2.54. The van der Waals surface area contributed by atoms with Crippen LogP contribution in [0.15, 0.2) is 46.2 Å². The van der Waals surface area contributed by atoms with E-state index in [1.54, 1.807) is 38.1 Å². The topological polar surface area (TPSA) is 9.23 Å². The molecule has 0 amide bonds. The number of hydrogen-bond acceptors (Lipinski definition) is 3. The van der Waals surface area contributed by atoms with Crippen molar-refractivity contribution < 1.29 is 31.1 Å². The highest BCUT2D eigenvalue weighted by Crippen LogP contribution is 2.35. The zero-order valence-corrected chi connectivity index (χ0v) is 16.0. The Morgan fingerprint density at radius 1 is 0.704 bits per heavy atom. The summed E-state index contributed by atoms with van der Waals surface area (Å²) in [6, 6.07) is 9.48. The molecule has 0 aliphatic carbocycles. The minimum atomic E-state index is -4.28. The summed E-state index contributed by atoms with van der Waals surface area (Å²) in [4.78, 5) is 0.868. The molecule has 27 heavy (non-hydrogen) atoms. The number of rotatable bonds is 6. The molecule has 0 bridgehead atoms. The van der Waals surface area contributed by atoms with Crippen molar-refractivity contribution in [3.05, 3.63) is 47.5 Å². The lowest BCUT2D eigenvalue weighted by molar-refractivity contribution is -0.106. The number of thioether (sulfide) groups is 2. The van der Waals surface area contributed by atoms with Gasteiger partial charge in [-0.15, -0.1) is 23.5 Å². The van der Waals surface area contributed by atoms with Gasteiger partial charge in [-0.1, -0.05) is 12.1 Å². The summed E-state index contributed by atoms with van der Waals surface area (Å²) in [5.41, 5.74) is 1.36. The minimum Gasteiger partial charge on any atom is -0.457 e. The first-order chi connectivity index (χ1) is 12.4. The molecule has 0 aliphatic heterocycles. The maximum Gasteiger partial charge on any atom is 0.398 e. The number of ether oxygens (including phenoxy) is 1. The van der Waals surface area contributed by atoms with Gasteiger partial charge in [-0.25, -0.2) is 0 Å². The molecule has 0 radical (unpaired) electrons. The van der Waals surface area contributed by atoms with Crippen LogP contribution in [-0.4, -0.2) is 23.9 Å². The third-order valence-corrected chi connectivity index (χ3v) is 5.78. The highest BCUT2D eigenvalue weighted by atomic mass is 32.2. The summed E-state index contributed by atoms with van der Waals surface area (Å²) in [6.07, 6.45) is -8.56. The van der Waals surface area contributed by atoms with E-state index >= 15 is 0 Å². The average molecular weight is 426 g/mol. The predicted octanol–water partition coefficient (Wildman–Crippen LogP) is 7.40. The molecular weight excluding hydrogens is 410 g/mol. The fourth-order valence-electron chi connectivity index (χ4n) is 2.05. The van der Waals surface area contributed by atoms with Crippen LogP contribution in [0.5, 0.6) is 11.5 Å². The molecule has 0 aromatic heterocycles. The first kappa shape index (κ1) is 21.8. The van der Waals surface area contributed by atoms with Gasteiger partial charge in [0.1, 0.15) is 11.5 Å². The molecule has 0 heterocycles. The van der Waals surface area contributed by atoms with Gasteiger partial charge in [0.2, 0.25) is 0 Å². The van der Waals surface area contributed by atoms with Crippen LogP contribution in [0.25, 0.3) is 0 Å². The van der Waals surface area contributed by atoms with Crippen molar-refractivity contribution in [3.8, 4) is 11.5 Å². The summed E-state index contributed by atoms with van der Waals surface area (Å²) in [6.45, 7) is 3.39. The SMILES string of the molecule is Cc1ccc(Oc2ccc(C)c(SCC(F)(F)F)c2)cc1SCC(F)(F)F. The number of aryl methyl sites for hydroxylation is 2. The van der Waals surface area contributed by atoms with Crippen LogP contribution >= 0.6 is 23.5 Å². The highest BCUT2D eigenvalue weighted by Gasteiger charge is 2.28. The van der Waals surface area contributed by atoms with Gasteiger partial charge in [-0.05, 0) is 49.2 Å². The predicted molar refractivity (Wildman–Crippen MR) is 96.0 cm³/mol. The van der Waals surface area contributed by atoms with Crippen LogP contribution < -0.4 is 4.74 Å². The van der Waals surface area contributed by atoms with Gasteiger partial charge in [-0.3, -0.25) is 0 Å². The van der Waals surface area contributed by atoms with Crippen molar-refractivity contribution in [2.75, 3.05) is 11.5 Å².